The van der Waals surface area contributed by atoms with Crippen LogP contribution in [0.25, 0.3) is 0 Å². The van der Waals surface area contributed by atoms with Gasteiger partial charge in [0.05, 0.1) is 5.56 Å². The summed E-state index contributed by atoms with van der Waals surface area (Å²) < 4.78 is 13.6. The van der Waals surface area contributed by atoms with Gasteiger partial charge in [-0.2, -0.15) is 0 Å². The van der Waals surface area contributed by atoms with Gasteiger partial charge in [-0.15, -0.1) is 0 Å². The van der Waals surface area contributed by atoms with Crippen LogP contribution in [0.2, 0.25) is 0 Å². The highest BCUT2D eigenvalue weighted by Crippen LogP contribution is 2.32. The molecule has 0 heterocycles. The van der Waals surface area contributed by atoms with E-state index in [1.54, 1.807) is 18.2 Å². The molecule has 1 aromatic carbocycles. The molecule has 1 aliphatic carbocycles. The van der Waals surface area contributed by atoms with E-state index in [4.69, 9.17) is 0 Å². The number of rotatable bonds is 4. The Hall–Kier alpha value is -1.22. The van der Waals surface area contributed by atoms with Crippen molar-refractivity contribution in [3.63, 3.8) is 0 Å². The highest BCUT2D eigenvalue weighted by atomic mass is 19.1. The molecule has 1 saturated carbocycles. The van der Waals surface area contributed by atoms with E-state index in [0.717, 1.165) is 25.7 Å². The zero-order valence-electron chi connectivity index (χ0n) is 10.8. The molecule has 0 saturated heterocycles. The van der Waals surface area contributed by atoms with Gasteiger partial charge in [-0.25, -0.2) is 4.39 Å². The molecule has 0 radical (unpaired) electrons. The molecule has 1 N–H and O–H groups in total. The van der Waals surface area contributed by atoms with Gasteiger partial charge in [0.1, 0.15) is 5.82 Å². The molecule has 0 amide bonds. The molecular formula is C15H20FNO. The third-order valence-electron chi connectivity index (χ3n) is 4.01. The second kappa shape index (κ2) is 5.61. The number of benzene rings is 1. The van der Waals surface area contributed by atoms with E-state index in [1.807, 2.05) is 7.05 Å². The summed E-state index contributed by atoms with van der Waals surface area (Å²) in [6.07, 6.45) is 5.92. The summed E-state index contributed by atoms with van der Waals surface area (Å²) in [5.74, 6) is -0.506. The summed E-state index contributed by atoms with van der Waals surface area (Å²) in [7, 11) is 1.90. The average molecular weight is 249 g/mol. The van der Waals surface area contributed by atoms with E-state index in [9.17, 15) is 9.18 Å². The van der Waals surface area contributed by atoms with Crippen molar-refractivity contribution < 1.29 is 9.18 Å². The summed E-state index contributed by atoms with van der Waals surface area (Å²) in [4.78, 5) is 12.2. The fourth-order valence-electron chi connectivity index (χ4n) is 2.83. The summed E-state index contributed by atoms with van der Waals surface area (Å²) >= 11 is 0. The predicted molar refractivity (Wildman–Crippen MR) is 70.2 cm³/mol. The monoisotopic (exact) mass is 249 g/mol. The molecule has 0 spiro atoms. The fraction of sp³-hybridized carbons (Fsp3) is 0.533. The van der Waals surface area contributed by atoms with Gasteiger partial charge in [-0.3, -0.25) is 4.79 Å². The van der Waals surface area contributed by atoms with Crippen LogP contribution in [0.5, 0.6) is 0 Å². The second-order valence-electron chi connectivity index (χ2n) is 5.17. The Morgan fingerprint density at radius 3 is 2.56 bits per heavy atom. The SMILES string of the molecule is CNC1(CC(=O)c2ccccc2F)CCCCC1. The Morgan fingerprint density at radius 1 is 1.28 bits per heavy atom. The van der Waals surface area contributed by atoms with Crippen LogP contribution >= 0.6 is 0 Å². The van der Waals surface area contributed by atoms with Crippen molar-refractivity contribution in [1.29, 1.82) is 0 Å². The van der Waals surface area contributed by atoms with Crippen LogP contribution in [0.3, 0.4) is 0 Å². The Bertz CT molecular complexity index is 424. The first-order valence-electron chi connectivity index (χ1n) is 6.63. The van der Waals surface area contributed by atoms with Gasteiger partial charge in [0.25, 0.3) is 0 Å². The Balaban J connectivity index is 2.13. The van der Waals surface area contributed by atoms with Gasteiger partial charge >= 0.3 is 0 Å². The van der Waals surface area contributed by atoms with E-state index in [0.29, 0.717) is 6.42 Å². The topological polar surface area (TPSA) is 29.1 Å². The minimum atomic E-state index is -0.412. The highest BCUT2D eigenvalue weighted by Gasteiger charge is 2.33. The molecule has 3 heteroatoms. The van der Waals surface area contributed by atoms with Crippen LogP contribution < -0.4 is 5.32 Å². The minimum Gasteiger partial charge on any atom is -0.314 e. The smallest absolute Gasteiger partial charge is 0.167 e. The molecule has 0 aliphatic heterocycles. The molecule has 1 aromatic rings. The van der Waals surface area contributed by atoms with Gasteiger partial charge in [0.2, 0.25) is 0 Å². The van der Waals surface area contributed by atoms with E-state index in [-0.39, 0.29) is 16.9 Å². The number of nitrogens with one attached hydrogen (secondary N) is 1. The number of ketones is 1. The van der Waals surface area contributed by atoms with Crippen LogP contribution in [0.15, 0.2) is 24.3 Å². The first-order valence-corrected chi connectivity index (χ1v) is 6.63. The third-order valence-corrected chi connectivity index (χ3v) is 4.01. The maximum absolute atomic E-state index is 13.6. The lowest BCUT2D eigenvalue weighted by molar-refractivity contribution is 0.0911. The van der Waals surface area contributed by atoms with Crippen LogP contribution in [0.1, 0.15) is 48.9 Å². The molecule has 2 nitrogen and oxygen atoms in total. The number of Topliss-reactive ketones (excluding diaryl/α,β-unsaturated/α-hetero) is 1. The van der Waals surface area contributed by atoms with Crippen molar-refractivity contribution in [3.05, 3.63) is 35.6 Å². The van der Waals surface area contributed by atoms with Gasteiger partial charge in [-0.05, 0) is 32.0 Å². The largest absolute Gasteiger partial charge is 0.314 e. The molecule has 0 aromatic heterocycles. The first-order chi connectivity index (χ1) is 8.67. The van der Waals surface area contributed by atoms with Gasteiger partial charge < -0.3 is 5.32 Å². The zero-order chi connectivity index (χ0) is 13.0. The van der Waals surface area contributed by atoms with Gasteiger partial charge in [-0.1, -0.05) is 31.4 Å². The lowest BCUT2D eigenvalue weighted by Crippen LogP contribution is -2.46. The Morgan fingerprint density at radius 2 is 1.94 bits per heavy atom. The van der Waals surface area contributed by atoms with Crippen molar-refractivity contribution in [2.45, 2.75) is 44.1 Å². The molecule has 0 bridgehead atoms. The maximum Gasteiger partial charge on any atom is 0.167 e. The number of hydrogen-bond donors (Lipinski definition) is 1. The van der Waals surface area contributed by atoms with Crippen molar-refractivity contribution in [3.8, 4) is 0 Å². The Kier molecular flexibility index (Phi) is 4.12. The molecule has 0 unspecified atom stereocenters. The van der Waals surface area contributed by atoms with Crippen molar-refractivity contribution >= 4 is 5.78 Å². The molecular weight excluding hydrogens is 229 g/mol. The highest BCUT2D eigenvalue weighted by molar-refractivity contribution is 5.97. The number of carbonyl (C=O) groups is 1. The molecule has 0 atom stereocenters. The fourth-order valence-corrected chi connectivity index (χ4v) is 2.83. The normalized spacial score (nSPS) is 18.6. The van der Waals surface area contributed by atoms with E-state index in [2.05, 4.69) is 5.32 Å². The average Bonchev–Trinajstić information content (AvgIpc) is 2.40. The lowest BCUT2D eigenvalue weighted by atomic mass is 9.77. The standard InChI is InChI=1S/C15H20FNO/c1-17-15(9-5-2-6-10-15)11-14(18)12-7-3-4-8-13(12)16/h3-4,7-8,17H,2,5-6,9-11H2,1H3. The number of halogens is 1. The van der Waals surface area contributed by atoms with Crippen molar-refractivity contribution in [1.82, 2.24) is 5.32 Å². The van der Waals surface area contributed by atoms with E-state index >= 15 is 0 Å². The second-order valence-corrected chi connectivity index (χ2v) is 5.17. The van der Waals surface area contributed by atoms with Crippen LogP contribution in [0.4, 0.5) is 4.39 Å². The van der Waals surface area contributed by atoms with Crippen LogP contribution in [-0.4, -0.2) is 18.4 Å². The first kappa shape index (κ1) is 13.2. The predicted octanol–water partition coefficient (Wildman–Crippen LogP) is 3.32. The maximum atomic E-state index is 13.6. The minimum absolute atomic E-state index is 0.0932. The van der Waals surface area contributed by atoms with E-state index < -0.39 is 5.82 Å². The summed E-state index contributed by atoms with van der Waals surface area (Å²) in [5.41, 5.74) is 0.0927. The van der Waals surface area contributed by atoms with Gasteiger partial charge in [0.15, 0.2) is 5.78 Å². The van der Waals surface area contributed by atoms with Crippen LogP contribution in [-0.2, 0) is 0 Å². The summed E-state index contributed by atoms with van der Waals surface area (Å²) in [6.45, 7) is 0. The van der Waals surface area contributed by atoms with Crippen LogP contribution in [0, 0.1) is 5.82 Å². The molecule has 1 fully saturated rings. The molecule has 1 aliphatic rings. The zero-order valence-corrected chi connectivity index (χ0v) is 10.8. The summed E-state index contributed by atoms with van der Waals surface area (Å²) in [5, 5.41) is 3.29. The quantitative estimate of drug-likeness (QED) is 0.829. The lowest BCUT2D eigenvalue weighted by Gasteiger charge is -2.36. The molecule has 18 heavy (non-hydrogen) atoms. The molecule has 98 valence electrons. The van der Waals surface area contributed by atoms with Gasteiger partial charge in [0, 0.05) is 12.0 Å². The number of carbonyl (C=O) groups excluding carboxylic acids is 1. The van der Waals surface area contributed by atoms with Crippen molar-refractivity contribution in [2.24, 2.45) is 0 Å². The number of hydrogen-bond acceptors (Lipinski definition) is 2. The Labute approximate surface area is 108 Å². The van der Waals surface area contributed by atoms with E-state index in [1.165, 1.54) is 12.5 Å². The molecule has 2 rings (SSSR count). The van der Waals surface area contributed by atoms with Crippen molar-refractivity contribution in [2.75, 3.05) is 7.05 Å². The summed E-state index contributed by atoms with van der Waals surface area (Å²) in [6, 6.07) is 6.24. The third kappa shape index (κ3) is 2.78.